The highest BCUT2D eigenvalue weighted by molar-refractivity contribution is 7.89. The first kappa shape index (κ1) is 30.8. The molecule has 1 N–H and O–H groups in total. The summed E-state index contributed by atoms with van der Waals surface area (Å²) in [6, 6.07) is 9.84. The van der Waals surface area contributed by atoms with E-state index in [1.807, 2.05) is 42.9 Å². The SMILES string of the molecule is CCCn1cc(CCC[C@H](c2ccc(C)c(CN3C[C@@H](C)Cc4ccc(F)cc4S3(=O)=O)c2)C(C)(C)C(=O)O)nn1. The number of rotatable bonds is 11. The summed E-state index contributed by atoms with van der Waals surface area (Å²) in [5, 5.41) is 18.5. The fourth-order valence-corrected chi connectivity index (χ4v) is 7.53. The molecule has 0 aliphatic carbocycles. The van der Waals surface area contributed by atoms with Gasteiger partial charge >= 0.3 is 5.97 Å². The first-order valence-electron chi connectivity index (χ1n) is 14.3. The van der Waals surface area contributed by atoms with Crippen molar-refractivity contribution in [1.82, 2.24) is 19.3 Å². The molecule has 0 fully saturated rings. The van der Waals surface area contributed by atoms with Gasteiger partial charge in [0.2, 0.25) is 10.0 Å². The van der Waals surface area contributed by atoms with Crippen molar-refractivity contribution in [3.8, 4) is 0 Å². The van der Waals surface area contributed by atoms with Crippen molar-refractivity contribution in [3.63, 3.8) is 0 Å². The van der Waals surface area contributed by atoms with Gasteiger partial charge < -0.3 is 5.11 Å². The number of benzene rings is 2. The van der Waals surface area contributed by atoms with Crippen LogP contribution in [-0.4, -0.2) is 45.3 Å². The van der Waals surface area contributed by atoms with Crippen LogP contribution in [-0.2, 0) is 40.7 Å². The van der Waals surface area contributed by atoms with E-state index in [0.29, 0.717) is 31.4 Å². The normalized spacial score (nSPS) is 18.0. The number of aliphatic carboxylic acids is 1. The van der Waals surface area contributed by atoms with Crippen LogP contribution in [0.1, 0.15) is 80.8 Å². The molecule has 3 aromatic rings. The number of carboxylic acid groups (broad SMARTS) is 1. The Morgan fingerprint density at radius 3 is 2.68 bits per heavy atom. The molecule has 222 valence electrons. The predicted octanol–water partition coefficient (Wildman–Crippen LogP) is 5.74. The van der Waals surface area contributed by atoms with Crippen LogP contribution < -0.4 is 0 Å². The van der Waals surface area contributed by atoms with Crippen LogP contribution in [0.3, 0.4) is 0 Å². The fraction of sp³-hybridized carbons (Fsp3) is 0.516. The summed E-state index contributed by atoms with van der Waals surface area (Å²) < 4.78 is 44.8. The first-order chi connectivity index (χ1) is 19.3. The third-order valence-electron chi connectivity index (χ3n) is 8.24. The smallest absolute Gasteiger partial charge is 0.309 e. The van der Waals surface area contributed by atoms with Crippen molar-refractivity contribution in [1.29, 1.82) is 0 Å². The molecule has 2 aromatic carbocycles. The van der Waals surface area contributed by atoms with E-state index in [2.05, 4.69) is 17.2 Å². The Balaban J connectivity index is 1.62. The molecule has 41 heavy (non-hydrogen) atoms. The molecule has 0 bridgehead atoms. The van der Waals surface area contributed by atoms with Crippen molar-refractivity contribution >= 4 is 16.0 Å². The summed E-state index contributed by atoms with van der Waals surface area (Å²) >= 11 is 0. The molecule has 0 spiro atoms. The third-order valence-corrected chi connectivity index (χ3v) is 10.1. The monoisotopic (exact) mass is 584 g/mol. The molecule has 10 heteroatoms. The van der Waals surface area contributed by atoms with Gasteiger partial charge in [0.15, 0.2) is 0 Å². The number of carbonyl (C=O) groups is 1. The van der Waals surface area contributed by atoms with E-state index in [1.165, 1.54) is 10.4 Å². The Labute approximate surface area is 242 Å². The minimum Gasteiger partial charge on any atom is -0.481 e. The standard InChI is InChI=1S/C31H41FN4O4S/c1-6-14-35-20-27(33-34-35)8-7-9-28(31(4,5)30(37)38)23-11-10-22(3)25(16-23)19-36-18-21(2)15-24-12-13-26(32)17-29(24)41(36,39)40/h10-13,16-17,20-21,28H,6-9,14-15,18-19H2,1-5H3,(H,37,38)/t21-,28+/m0/s1. The molecule has 2 heterocycles. The minimum absolute atomic E-state index is 0.0245. The largest absolute Gasteiger partial charge is 0.481 e. The lowest BCUT2D eigenvalue weighted by atomic mass is 9.72. The molecular weight excluding hydrogens is 543 g/mol. The Morgan fingerprint density at radius 1 is 1.22 bits per heavy atom. The zero-order chi connectivity index (χ0) is 29.9. The second-order valence-corrected chi connectivity index (χ2v) is 13.9. The van der Waals surface area contributed by atoms with Crippen molar-refractivity contribution in [2.75, 3.05) is 6.54 Å². The molecule has 1 aliphatic rings. The lowest BCUT2D eigenvalue weighted by molar-refractivity contribution is -0.148. The molecule has 0 saturated heterocycles. The topological polar surface area (TPSA) is 105 Å². The molecule has 0 amide bonds. The minimum atomic E-state index is -3.93. The van der Waals surface area contributed by atoms with Crippen LogP contribution in [0, 0.1) is 24.1 Å². The maximum absolute atomic E-state index is 14.1. The average molecular weight is 585 g/mol. The Morgan fingerprint density at radius 2 is 1.98 bits per heavy atom. The summed E-state index contributed by atoms with van der Waals surface area (Å²) in [5.74, 6) is -1.72. The van der Waals surface area contributed by atoms with Gasteiger partial charge in [0.25, 0.3) is 0 Å². The lowest BCUT2D eigenvalue weighted by Crippen LogP contribution is -2.33. The van der Waals surface area contributed by atoms with Gasteiger partial charge in [-0.2, -0.15) is 4.31 Å². The van der Waals surface area contributed by atoms with E-state index < -0.39 is 27.2 Å². The van der Waals surface area contributed by atoms with Crippen LogP contribution in [0.25, 0.3) is 0 Å². The Bertz CT molecular complexity index is 1500. The Hall–Kier alpha value is -3.11. The van der Waals surface area contributed by atoms with Crippen LogP contribution in [0.2, 0.25) is 0 Å². The van der Waals surface area contributed by atoms with Gasteiger partial charge in [0.1, 0.15) is 5.82 Å². The zero-order valence-electron chi connectivity index (χ0n) is 24.6. The van der Waals surface area contributed by atoms with E-state index >= 15 is 0 Å². The number of hydrogen-bond acceptors (Lipinski definition) is 5. The van der Waals surface area contributed by atoms with Gasteiger partial charge in [-0.3, -0.25) is 9.48 Å². The average Bonchev–Trinajstić information content (AvgIpc) is 3.32. The van der Waals surface area contributed by atoms with Crippen LogP contribution in [0.15, 0.2) is 47.5 Å². The third kappa shape index (κ3) is 6.86. The van der Waals surface area contributed by atoms with Crippen LogP contribution in [0.4, 0.5) is 4.39 Å². The van der Waals surface area contributed by atoms with Crippen LogP contribution >= 0.6 is 0 Å². The van der Waals surface area contributed by atoms with Crippen molar-refractivity contribution in [2.45, 2.75) is 90.6 Å². The number of aryl methyl sites for hydroxylation is 3. The highest BCUT2D eigenvalue weighted by Crippen LogP contribution is 2.41. The fourth-order valence-electron chi connectivity index (χ4n) is 5.75. The second kappa shape index (κ2) is 12.4. The number of fused-ring (bicyclic) bond motifs is 1. The van der Waals surface area contributed by atoms with Gasteiger partial charge in [0, 0.05) is 25.8 Å². The number of hydrogen-bond donors (Lipinski definition) is 1. The summed E-state index contributed by atoms with van der Waals surface area (Å²) in [6.07, 6.45) is 5.50. The van der Waals surface area contributed by atoms with Gasteiger partial charge in [-0.25, -0.2) is 12.8 Å². The molecule has 8 nitrogen and oxygen atoms in total. The maximum Gasteiger partial charge on any atom is 0.309 e. The first-order valence-corrected chi connectivity index (χ1v) is 15.8. The predicted molar refractivity (Wildman–Crippen MR) is 155 cm³/mol. The summed E-state index contributed by atoms with van der Waals surface area (Å²) in [4.78, 5) is 12.4. The number of carboxylic acids is 1. The van der Waals surface area contributed by atoms with Crippen LogP contribution in [0.5, 0.6) is 0 Å². The number of halogens is 1. The zero-order valence-corrected chi connectivity index (χ0v) is 25.4. The molecule has 0 saturated carbocycles. The quantitative estimate of drug-likeness (QED) is 0.308. The van der Waals surface area contributed by atoms with Gasteiger partial charge in [-0.15, -0.1) is 5.10 Å². The van der Waals surface area contributed by atoms with Crippen molar-refractivity contribution in [3.05, 3.63) is 76.4 Å². The second-order valence-electron chi connectivity index (χ2n) is 12.0. The van der Waals surface area contributed by atoms with Gasteiger partial charge in [-0.05, 0) is 99.1 Å². The van der Waals surface area contributed by atoms with Gasteiger partial charge in [-0.1, -0.05) is 43.3 Å². The van der Waals surface area contributed by atoms with E-state index in [-0.39, 0.29) is 23.3 Å². The summed E-state index contributed by atoms with van der Waals surface area (Å²) in [7, 11) is -3.93. The molecule has 1 aromatic heterocycles. The molecule has 0 unspecified atom stereocenters. The number of aromatic nitrogens is 3. The van der Waals surface area contributed by atoms with E-state index in [1.54, 1.807) is 19.9 Å². The summed E-state index contributed by atoms with van der Waals surface area (Å²) in [6.45, 7) is 10.7. The lowest BCUT2D eigenvalue weighted by Gasteiger charge is -2.32. The highest BCUT2D eigenvalue weighted by Gasteiger charge is 2.38. The van der Waals surface area contributed by atoms with E-state index in [4.69, 9.17) is 0 Å². The molecular formula is C31H41FN4O4S. The van der Waals surface area contributed by atoms with E-state index in [0.717, 1.165) is 47.8 Å². The number of nitrogens with zero attached hydrogens (tertiary/aromatic N) is 4. The molecule has 4 rings (SSSR count). The maximum atomic E-state index is 14.1. The molecule has 0 radical (unpaired) electrons. The van der Waals surface area contributed by atoms with Gasteiger partial charge in [0.05, 0.1) is 16.0 Å². The summed E-state index contributed by atoms with van der Waals surface area (Å²) in [5.41, 5.74) is 3.05. The van der Waals surface area contributed by atoms with Crippen molar-refractivity contribution < 1.29 is 22.7 Å². The van der Waals surface area contributed by atoms with Crippen molar-refractivity contribution in [2.24, 2.45) is 11.3 Å². The Kier molecular flexibility index (Phi) is 9.33. The highest BCUT2D eigenvalue weighted by atomic mass is 32.2. The molecule has 1 aliphatic heterocycles. The molecule has 2 atom stereocenters. The van der Waals surface area contributed by atoms with E-state index in [9.17, 15) is 22.7 Å². The number of sulfonamides is 1.